The summed E-state index contributed by atoms with van der Waals surface area (Å²) in [5, 5.41) is 5.56. The van der Waals surface area contributed by atoms with Crippen molar-refractivity contribution in [2.45, 2.75) is 43.5 Å². The van der Waals surface area contributed by atoms with Crippen molar-refractivity contribution in [2.24, 2.45) is 7.05 Å². The van der Waals surface area contributed by atoms with Crippen molar-refractivity contribution in [1.29, 1.82) is 0 Å². The van der Waals surface area contributed by atoms with Crippen molar-refractivity contribution in [3.05, 3.63) is 51.6 Å². The molecule has 0 bridgehead atoms. The maximum Gasteiger partial charge on any atom is 0.262 e. The van der Waals surface area contributed by atoms with E-state index in [4.69, 9.17) is 0 Å². The zero-order chi connectivity index (χ0) is 19.8. The second-order valence-electron chi connectivity index (χ2n) is 7.47. The van der Waals surface area contributed by atoms with E-state index in [1.54, 1.807) is 13.1 Å². The fraction of sp³-hybridized carbons (Fsp3) is 0.350. The first-order valence-corrected chi connectivity index (χ1v) is 10.4. The van der Waals surface area contributed by atoms with Crippen LogP contribution < -0.4 is 10.9 Å². The van der Waals surface area contributed by atoms with Gasteiger partial charge in [0.05, 0.1) is 10.6 Å². The van der Waals surface area contributed by atoms with Gasteiger partial charge in [-0.3, -0.25) is 14.2 Å². The summed E-state index contributed by atoms with van der Waals surface area (Å²) in [6.07, 6.45) is 0. The van der Waals surface area contributed by atoms with E-state index in [-0.39, 0.29) is 22.1 Å². The van der Waals surface area contributed by atoms with Crippen LogP contribution in [0.15, 0.2) is 45.7 Å². The van der Waals surface area contributed by atoms with Crippen LogP contribution in [-0.4, -0.2) is 20.7 Å². The highest BCUT2D eigenvalue weighted by Crippen LogP contribution is 2.26. The van der Waals surface area contributed by atoms with Gasteiger partial charge in [0, 0.05) is 12.7 Å². The minimum atomic E-state index is -0.386. The number of rotatable bonds is 4. The van der Waals surface area contributed by atoms with Gasteiger partial charge in [-0.1, -0.05) is 44.7 Å². The van der Waals surface area contributed by atoms with Gasteiger partial charge in [-0.05, 0) is 41.5 Å². The van der Waals surface area contributed by atoms with E-state index >= 15 is 0 Å². The molecule has 0 radical (unpaired) electrons. The molecule has 3 aromatic rings. The number of thiophene rings is 1. The molecule has 3 rings (SSSR count). The molecule has 0 aliphatic carbocycles. The van der Waals surface area contributed by atoms with Crippen LogP contribution >= 0.6 is 23.1 Å². The van der Waals surface area contributed by atoms with Crippen molar-refractivity contribution in [3.8, 4) is 0 Å². The van der Waals surface area contributed by atoms with E-state index in [0.717, 1.165) is 5.69 Å². The number of anilines is 1. The summed E-state index contributed by atoms with van der Waals surface area (Å²) in [7, 11) is 1.69. The van der Waals surface area contributed by atoms with E-state index in [1.165, 1.54) is 33.2 Å². The lowest BCUT2D eigenvalue weighted by Gasteiger charge is -2.19. The Kier molecular flexibility index (Phi) is 5.44. The zero-order valence-corrected chi connectivity index (χ0v) is 17.7. The van der Waals surface area contributed by atoms with Crippen LogP contribution in [-0.2, 0) is 17.3 Å². The first kappa shape index (κ1) is 19.6. The molecule has 142 valence electrons. The Labute approximate surface area is 166 Å². The van der Waals surface area contributed by atoms with Crippen molar-refractivity contribution >= 4 is 44.9 Å². The molecule has 0 saturated heterocycles. The van der Waals surface area contributed by atoms with Crippen LogP contribution in [0.5, 0.6) is 0 Å². The summed E-state index contributed by atoms with van der Waals surface area (Å²) in [5.74, 6) is -0.121. The van der Waals surface area contributed by atoms with E-state index in [9.17, 15) is 9.59 Å². The predicted octanol–water partition coefficient (Wildman–Crippen LogP) is 4.41. The second kappa shape index (κ2) is 7.48. The van der Waals surface area contributed by atoms with Crippen molar-refractivity contribution in [2.75, 3.05) is 5.32 Å². The number of carbonyl (C=O) groups is 1. The number of amides is 1. The van der Waals surface area contributed by atoms with E-state index < -0.39 is 0 Å². The highest BCUT2D eigenvalue weighted by molar-refractivity contribution is 8.00. The lowest BCUT2D eigenvalue weighted by Crippen LogP contribution is -2.25. The minimum absolute atomic E-state index is 0.0720. The van der Waals surface area contributed by atoms with Gasteiger partial charge in [0.25, 0.3) is 5.56 Å². The molecule has 0 aliphatic heterocycles. The maximum atomic E-state index is 12.6. The second-order valence-corrected chi connectivity index (χ2v) is 9.68. The molecule has 2 aromatic heterocycles. The molecular weight excluding hydrogens is 378 g/mol. The molecule has 0 aliphatic rings. The minimum Gasteiger partial charge on any atom is -0.325 e. The van der Waals surface area contributed by atoms with Crippen LogP contribution in [0.3, 0.4) is 0 Å². The third-order valence-corrected chi connectivity index (χ3v) is 6.28. The Morgan fingerprint density at radius 1 is 1.22 bits per heavy atom. The number of hydrogen-bond donors (Lipinski definition) is 1. The number of thioether (sulfide) groups is 1. The summed E-state index contributed by atoms with van der Waals surface area (Å²) in [6, 6.07) is 9.68. The van der Waals surface area contributed by atoms with Crippen LogP contribution in [0.1, 0.15) is 33.3 Å². The summed E-state index contributed by atoms with van der Waals surface area (Å²) in [4.78, 5) is 30.2. The van der Waals surface area contributed by atoms with Crippen LogP contribution in [0.2, 0.25) is 0 Å². The van der Waals surface area contributed by atoms with Crippen LogP contribution in [0.25, 0.3) is 10.2 Å². The van der Waals surface area contributed by atoms with Crippen LogP contribution in [0, 0.1) is 0 Å². The Bertz CT molecular complexity index is 1030. The number of hydrogen-bond acceptors (Lipinski definition) is 5. The average molecular weight is 402 g/mol. The summed E-state index contributed by atoms with van der Waals surface area (Å²) in [5.41, 5.74) is 1.96. The van der Waals surface area contributed by atoms with E-state index in [2.05, 4.69) is 31.1 Å². The first-order chi connectivity index (χ1) is 12.7. The molecule has 1 N–H and O–H groups in total. The lowest BCUT2D eigenvalue weighted by atomic mass is 9.87. The monoisotopic (exact) mass is 401 g/mol. The van der Waals surface area contributed by atoms with Crippen LogP contribution in [0.4, 0.5) is 5.69 Å². The molecule has 1 aromatic carbocycles. The zero-order valence-electron chi connectivity index (χ0n) is 16.1. The molecule has 2 heterocycles. The molecule has 27 heavy (non-hydrogen) atoms. The highest BCUT2D eigenvalue weighted by atomic mass is 32.2. The third-order valence-electron chi connectivity index (χ3n) is 4.33. The number of nitrogens with zero attached hydrogens (tertiary/aromatic N) is 2. The Morgan fingerprint density at radius 3 is 2.52 bits per heavy atom. The topological polar surface area (TPSA) is 64.0 Å². The molecule has 0 fully saturated rings. The van der Waals surface area contributed by atoms with E-state index in [0.29, 0.717) is 15.4 Å². The Balaban J connectivity index is 1.73. The first-order valence-electron chi connectivity index (χ1n) is 8.69. The Morgan fingerprint density at radius 2 is 1.89 bits per heavy atom. The molecule has 0 spiro atoms. The highest BCUT2D eigenvalue weighted by Gasteiger charge is 2.19. The molecule has 1 unspecified atom stereocenters. The number of fused-ring (bicyclic) bond motifs is 1. The number of aromatic nitrogens is 2. The van der Waals surface area contributed by atoms with Crippen molar-refractivity contribution < 1.29 is 4.79 Å². The van der Waals surface area contributed by atoms with E-state index in [1.807, 2.05) is 36.6 Å². The molecular formula is C20H23N3O2S2. The fourth-order valence-corrected chi connectivity index (χ4v) is 4.27. The van der Waals surface area contributed by atoms with Gasteiger partial charge in [-0.25, -0.2) is 4.98 Å². The fourth-order valence-electron chi connectivity index (χ4n) is 2.59. The summed E-state index contributed by atoms with van der Waals surface area (Å²) < 4.78 is 1.50. The largest absolute Gasteiger partial charge is 0.325 e. The predicted molar refractivity (Wildman–Crippen MR) is 114 cm³/mol. The van der Waals surface area contributed by atoms with Crippen molar-refractivity contribution in [1.82, 2.24) is 9.55 Å². The number of carbonyl (C=O) groups excluding carboxylic acids is 1. The van der Waals surface area contributed by atoms with Gasteiger partial charge >= 0.3 is 0 Å². The SMILES string of the molecule is CC(Sc1nc2sccc2c(=O)n1C)C(=O)Nc1ccc(C(C)(C)C)cc1. The van der Waals surface area contributed by atoms with Gasteiger partial charge < -0.3 is 5.32 Å². The maximum absolute atomic E-state index is 12.6. The lowest BCUT2D eigenvalue weighted by molar-refractivity contribution is -0.115. The van der Waals surface area contributed by atoms with Gasteiger partial charge in [0.15, 0.2) is 5.16 Å². The van der Waals surface area contributed by atoms with Gasteiger partial charge in [-0.15, -0.1) is 11.3 Å². The van der Waals surface area contributed by atoms with Gasteiger partial charge in [0.1, 0.15) is 4.83 Å². The van der Waals surface area contributed by atoms with Gasteiger partial charge in [-0.2, -0.15) is 0 Å². The Hall–Kier alpha value is -2.12. The molecule has 7 heteroatoms. The molecule has 0 saturated carbocycles. The van der Waals surface area contributed by atoms with Crippen molar-refractivity contribution in [3.63, 3.8) is 0 Å². The van der Waals surface area contributed by atoms with Gasteiger partial charge in [0.2, 0.25) is 5.91 Å². The number of nitrogens with one attached hydrogen (secondary N) is 1. The summed E-state index contributed by atoms with van der Waals surface area (Å²) in [6.45, 7) is 8.28. The smallest absolute Gasteiger partial charge is 0.262 e. The number of benzene rings is 1. The normalized spacial score (nSPS) is 12.9. The molecule has 1 atom stereocenters. The molecule has 5 nitrogen and oxygen atoms in total. The average Bonchev–Trinajstić information content (AvgIpc) is 3.07. The summed E-state index contributed by atoms with van der Waals surface area (Å²) >= 11 is 2.71. The standard InChI is InChI=1S/C20H23N3O2S2/c1-12(16(24)21-14-8-6-13(7-9-14)20(2,3)4)27-19-22-17-15(10-11-26-17)18(25)23(19)5/h6-12H,1-5H3,(H,21,24). The quantitative estimate of drug-likeness (QED) is 0.519. The third kappa shape index (κ3) is 4.25. The molecule has 1 amide bonds.